The lowest BCUT2D eigenvalue weighted by molar-refractivity contribution is -0.0219. The van der Waals surface area contributed by atoms with Crippen LogP contribution >= 0.6 is 0 Å². The molecule has 23 heavy (non-hydrogen) atoms. The van der Waals surface area contributed by atoms with Gasteiger partial charge >= 0.3 is 0 Å². The number of nitrogens with one attached hydrogen (secondary N) is 1. The summed E-state index contributed by atoms with van der Waals surface area (Å²) in [6.07, 6.45) is 1.38. The Balaban J connectivity index is 1.86. The van der Waals surface area contributed by atoms with Crippen molar-refractivity contribution < 1.29 is 4.74 Å². The van der Waals surface area contributed by atoms with Crippen LogP contribution in [0.4, 0.5) is 0 Å². The van der Waals surface area contributed by atoms with E-state index in [2.05, 4.69) is 73.8 Å². The van der Waals surface area contributed by atoms with Gasteiger partial charge in [0.2, 0.25) is 0 Å². The molecule has 3 rings (SSSR count). The fraction of sp³-hybridized carbons (Fsp3) is 0.429. The van der Waals surface area contributed by atoms with Crippen LogP contribution in [-0.4, -0.2) is 25.8 Å². The SMILES string of the molecule is CC(C)C(Cc1ccccc1-c1ccccc1)C1CNCCO1. The van der Waals surface area contributed by atoms with Crippen LogP contribution in [0, 0.1) is 11.8 Å². The van der Waals surface area contributed by atoms with Gasteiger partial charge < -0.3 is 10.1 Å². The van der Waals surface area contributed by atoms with Gasteiger partial charge in [-0.1, -0.05) is 68.4 Å². The predicted octanol–water partition coefficient (Wildman–Crippen LogP) is 4.16. The van der Waals surface area contributed by atoms with E-state index in [0.29, 0.717) is 17.9 Å². The van der Waals surface area contributed by atoms with Crippen LogP contribution in [0.5, 0.6) is 0 Å². The first-order valence-corrected chi connectivity index (χ1v) is 8.71. The molecule has 0 saturated carbocycles. The van der Waals surface area contributed by atoms with Crippen LogP contribution in [0.2, 0.25) is 0 Å². The summed E-state index contributed by atoms with van der Waals surface area (Å²) >= 11 is 0. The molecule has 1 saturated heterocycles. The molecule has 2 heteroatoms. The molecule has 2 unspecified atom stereocenters. The second kappa shape index (κ2) is 7.76. The fourth-order valence-electron chi connectivity index (χ4n) is 3.51. The number of morpholine rings is 1. The molecule has 2 nitrogen and oxygen atoms in total. The molecule has 1 N–H and O–H groups in total. The Kier molecular flexibility index (Phi) is 5.47. The summed E-state index contributed by atoms with van der Waals surface area (Å²) in [6.45, 7) is 7.40. The maximum atomic E-state index is 6.06. The van der Waals surface area contributed by atoms with E-state index in [1.165, 1.54) is 16.7 Å². The van der Waals surface area contributed by atoms with E-state index in [1.54, 1.807) is 0 Å². The summed E-state index contributed by atoms with van der Waals surface area (Å²) in [7, 11) is 0. The Labute approximate surface area is 139 Å². The van der Waals surface area contributed by atoms with Gasteiger partial charge in [-0.25, -0.2) is 0 Å². The van der Waals surface area contributed by atoms with Gasteiger partial charge in [0, 0.05) is 13.1 Å². The third-order valence-electron chi connectivity index (χ3n) is 4.85. The molecular formula is C21H27NO. The highest BCUT2D eigenvalue weighted by Gasteiger charge is 2.27. The average molecular weight is 309 g/mol. The normalized spacial score (nSPS) is 19.7. The summed E-state index contributed by atoms with van der Waals surface area (Å²) in [6, 6.07) is 19.5. The van der Waals surface area contributed by atoms with Gasteiger partial charge in [0.15, 0.2) is 0 Å². The maximum Gasteiger partial charge on any atom is 0.0733 e. The van der Waals surface area contributed by atoms with Crippen molar-refractivity contribution in [2.24, 2.45) is 11.8 Å². The number of hydrogen-bond acceptors (Lipinski definition) is 2. The van der Waals surface area contributed by atoms with Crippen molar-refractivity contribution in [3.8, 4) is 11.1 Å². The van der Waals surface area contributed by atoms with Gasteiger partial charge in [0.1, 0.15) is 0 Å². The van der Waals surface area contributed by atoms with Crippen LogP contribution < -0.4 is 5.32 Å². The minimum atomic E-state index is 0.313. The van der Waals surface area contributed by atoms with Crippen molar-refractivity contribution in [1.29, 1.82) is 0 Å². The third kappa shape index (κ3) is 4.01. The lowest BCUT2D eigenvalue weighted by Gasteiger charge is -2.34. The van der Waals surface area contributed by atoms with Crippen molar-refractivity contribution in [2.45, 2.75) is 26.4 Å². The highest BCUT2D eigenvalue weighted by atomic mass is 16.5. The quantitative estimate of drug-likeness (QED) is 0.895. The third-order valence-corrected chi connectivity index (χ3v) is 4.85. The molecule has 0 spiro atoms. The van der Waals surface area contributed by atoms with Crippen LogP contribution in [0.1, 0.15) is 19.4 Å². The molecule has 2 aromatic carbocycles. The predicted molar refractivity (Wildman–Crippen MR) is 96.5 cm³/mol. The van der Waals surface area contributed by atoms with E-state index < -0.39 is 0 Å². The minimum absolute atomic E-state index is 0.313. The van der Waals surface area contributed by atoms with Gasteiger partial charge in [-0.15, -0.1) is 0 Å². The zero-order valence-corrected chi connectivity index (χ0v) is 14.2. The van der Waals surface area contributed by atoms with Crippen molar-refractivity contribution in [2.75, 3.05) is 19.7 Å². The van der Waals surface area contributed by atoms with E-state index in [1.807, 2.05) is 0 Å². The van der Waals surface area contributed by atoms with Crippen LogP contribution in [0.3, 0.4) is 0 Å². The summed E-state index contributed by atoms with van der Waals surface area (Å²) in [5.74, 6) is 1.14. The van der Waals surface area contributed by atoms with Crippen LogP contribution in [0.15, 0.2) is 54.6 Å². The van der Waals surface area contributed by atoms with Gasteiger partial charge in [0.25, 0.3) is 0 Å². The molecule has 1 heterocycles. The molecule has 1 fully saturated rings. The van der Waals surface area contributed by atoms with Gasteiger partial charge in [-0.2, -0.15) is 0 Å². The van der Waals surface area contributed by atoms with E-state index in [4.69, 9.17) is 4.74 Å². The molecule has 1 aliphatic rings. The summed E-state index contributed by atoms with van der Waals surface area (Å²) in [5, 5.41) is 3.48. The number of ether oxygens (including phenoxy) is 1. The molecule has 2 atom stereocenters. The van der Waals surface area contributed by atoms with Gasteiger partial charge in [0.05, 0.1) is 12.7 Å². The van der Waals surface area contributed by atoms with Crippen molar-refractivity contribution in [3.63, 3.8) is 0 Å². The molecule has 0 aromatic heterocycles. The molecular weight excluding hydrogens is 282 g/mol. The van der Waals surface area contributed by atoms with E-state index >= 15 is 0 Å². The standard InChI is InChI=1S/C21H27NO/c1-16(2)20(21-15-22-12-13-23-21)14-18-10-6-7-11-19(18)17-8-4-3-5-9-17/h3-11,16,20-22H,12-15H2,1-2H3. The van der Waals surface area contributed by atoms with E-state index in [-0.39, 0.29) is 0 Å². The maximum absolute atomic E-state index is 6.06. The number of benzene rings is 2. The highest BCUT2D eigenvalue weighted by molar-refractivity contribution is 5.67. The lowest BCUT2D eigenvalue weighted by atomic mass is 9.82. The lowest BCUT2D eigenvalue weighted by Crippen LogP contribution is -2.44. The van der Waals surface area contributed by atoms with E-state index in [9.17, 15) is 0 Å². The topological polar surface area (TPSA) is 21.3 Å². The Morgan fingerprint density at radius 3 is 2.48 bits per heavy atom. The minimum Gasteiger partial charge on any atom is -0.375 e. The number of hydrogen-bond donors (Lipinski definition) is 1. The summed E-state index contributed by atoms with van der Waals surface area (Å²) in [5.41, 5.74) is 4.07. The Morgan fingerprint density at radius 1 is 1.04 bits per heavy atom. The Bertz CT molecular complexity index is 602. The smallest absolute Gasteiger partial charge is 0.0733 e. The first kappa shape index (κ1) is 16.2. The number of rotatable bonds is 5. The molecule has 122 valence electrons. The largest absolute Gasteiger partial charge is 0.375 e. The summed E-state index contributed by atoms with van der Waals surface area (Å²) < 4.78 is 6.06. The van der Waals surface area contributed by atoms with Crippen molar-refractivity contribution >= 4 is 0 Å². The van der Waals surface area contributed by atoms with Gasteiger partial charge in [-0.05, 0) is 34.9 Å². The highest BCUT2D eigenvalue weighted by Crippen LogP contribution is 2.30. The van der Waals surface area contributed by atoms with Crippen LogP contribution in [0.25, 0.3) is 11.1 Å². The monoisotopic (exact) mass is 309 g/mol. The first-order chi connectivity index (χ1) is 11.3. The summed E-state index contributed by atoms with van der Waals surface area (Å²) in [4.78, 5) is 0. The molecule has 1 aliphatic heterocycles. The molecule has 0 radical (unpaired) electrons. The Morgan fingerprint density at radius 2 is 1.78 bits per heavy atom. The fourth-order valence-corrected chi connectivity index (χ4v) is 3.51. The second-order valence-corrected chi connectivity index (χ2v) is 6.75. The molecule has 0 bridgehead atoms. The first-order valence-electron chi connectivity index (χ1n) is 8.71. The average Bonchev–Trinajstić information content (AvgIpc) is 2.61. The molecule has 0 aliphatic carbocycles. The van der Waals surface area contributed by atoms with Crippen molar-refractivity contribution in [1.82, 2.24) is 5.32 Å². The zero-order chi connectivity index (χ0) is 16.1. The molecule has 0 amide bonds. The van der Waals surface area contributed by atoms with Gasteiger partial charge in [-0.3, -0.25) is 0 Å². The Hall–Kier alpha value is -1.64. The zero-order valence-electron chi connectivity index (χ0n) is 14.2. The molecule has 2 aromatic rings. The van der Waals surface area contributed by atoms with Crippen molar-refractivity contribution in [3.05, 3.63) is 60.2 Å². The van der Waals surface area contributed by atoms with E-state index in [0.717, 1.165) is 26.1 Å². The van der Waals surface area contributed by atoms with Crippen LogP contribution in [-0.2, 0) is 11.2 Å². The second-order valence-electron chi connectivity index (χ2n) is 6.75.